The SMILES string of the molecule is CCOC(=O)c1cc(N)cc(Cl)c1N1CC(C)CC(C)C1. The second kappa shape index (κ2) is 6.56. The highest BCUT2D eigenvalue weighted by atomic mass is 35.5. The highest BCUT2D eigenvalue weighted by Gasteiger charge is 2.27. The number of anilines is 2. The number of nitrogen functional groups attached to an aromatic ring is 1. The molecule has 4 nitrogen and oxygen atoms in total. The molecule has 2 rings (SSSR count). The molecule has 1 fully saturated rings. The van der Waals surface area contributed by atoms with Crippen molar-refractivity contribution in [2.75, 3.05) is 30.3 Å². The lowest BCUT2D eigenvalue weighted by molar-refractivity contribution is 0.0527. The number of benzene rings is 1. The van der Waals surface area contributed by atoms with Gasteiger partial charge in [0.25, 0.3) is 0 Å². The third-order valence-corrected chi connectivity index (χ3v) is 4.05. The standard InChI is InChI=1S/C16H23ClN2O2/c1-4-21-16(20)13-6-12(18)7-14(17)15(13)19-8-10(2)5-11(3)9-19/h6-7,10-11H,4-5,8-9,18H2,1-3H3. The molecule has 1 aliphatic heterocycles. The number of carbonyl (C=O) groups excluding carboxylic acids is 1. The molecule has 1 saturated heterocycles. The fraction of sp³-hybridized carbons (Fsp3) is 0.562. The molecule has 1 aromatic rings. The maximum atomic E-state index is 12.2. The first-order valence-corrected chi connectivity index (χ1v) is 7.81. The summed E-state index contributed by atoms with van der Waals surface area (Å²) in [6.07, 6.45) is 1.19. The van der Waals surface area contributed by atoms with Crippen LogP contribution in [0.2, 0.25) is 5.02 Å². The van der Waals surface area contributed by atoms with Gasteiger partial charge in [0.15, 0.2) is 0 Å². The Labute approximate surface area is 131 Å². The number of hydrogen-bond donors (Lipinski definition) is 1. The molecular weight excluding hydrogens is 288 g/mol. The molecule has 21 heavy (non-hydrogen) atoms. The van der Waals surface area contributed by atoms with E-state index in [0.29, 0.717) is 34.7 Å². The molecule has 1 heterocycles. The Bertz CT molecular complexity index is 523. The molecule has 0 spiro atoms. The van der Waals surface area contributed by atoms with E-state index in [-0.39, 0.29) is 5.97 Å². The minimum atomic E-state index is -0.368. The van der Waals surface area contributed by atoms with Crippen LogP contribution in [0.25, 0.3) is 0 Å². The lowest BCUT2D eigenvalue weighted by atomic mass is 9.91. The summed E-state index contributed by atoms with van der Waals surface area (Å²) in [6, 6.07) is 3.35. The second-order valence-electron chi connectivity index (χ2n) is 5.97. The minimum absolute atomic E-state index is 0.331. The second-order valence-corrected chi connectivity index (χ2v) is 6.38. The van der Waals surface area contributed by atoms with Gasteiger partial charge in [-0.05, 0) is 37.3 Å². The van der Waals surface area contributed by atoms with Crippen LogP contribution in [0, 0.1) is 11.8 Å². The molecule has 116 valence electrons. The van der Waals surface area contributed by atoms with Crippen molar-refractivity contribution in [3.8, 4) is 0 Å². The molecule has 0 aromatic heterocycles. The molecule has 1 aromatic carbocycles. The molecular formula is C16H23ClN2O2. The summed E-state index contributed by atoms with van der Waals surface area (Å²) < 4.78 is 5.14. The third kappa shape index (κ3) is 3.62. The fourth-order valence-electron chi connectivity index (χ4n) is 3.15. The molecule has 0 aliphatic carbocycles. The molecule has 1 aliphatic rings. The minimum Gasteiger partial charge on any atom is -0.462 e. The number of piperidine rings is 1. The van der Waals surface area contributed by atoms with E-state index in [4.69, 9.17) is 22.1 Å². The molecule has 2 atom stereocenters. The van der Waals surface area contributed by atoms with Gasteiger partial charge >= 0.3 is 5.97 Å². The van der Waals surface area contributed by atoms with Crippen molar-refractivity contribution in [3.05, 3.63) is 22.7 Å². The van der Waals surface area contributed by atoms with Crippen molar-refractivity contribution in [1.82, 2.24) is 0 Å². The van der Waals surface area contributed by atoms with Gasteiger partial charge in [0.2, 0.25) is 0 Å². The summed E-state index contributed by atoms with van der Waals surface area (Å²) in [5, 5.41) is 0.513. The van der Waals surface area contributed by atoms with Gasteiger partial charge in [-0.3, -0.25) is 0 Å². The van der Waals surface area contributed by atoms with E-state index in [1.165, 1.54) is 6.42 Å². The predicted octanol–water partition coefficient (Wildman–Crippen LogP) is 3.58. The van der Waals surface area contributed by atoms with Crippen LogP contribution in [-0.2, 0) is 4.74 Å². The van der Waals surface area contributed by atoms with Crippen LogP contribution in [0.5, 0.6) is 0 Å². The van der Waals surface area contributed by atoms with Gasteiger partial charge in [-0.1, -0.05) is 25.4 Å². The van der Waals surface area contributed by atoms with Crippen molar-refractivity contribution < 1.29 is 9.53 Å². The summed E-state index contributed by atoms with van der Waals surface area (Å²) >= 11 is 6.38. The van der Waals surface area contributed by atoms with E-state index in [9.17, 15) is 4.79 Å². The van der Waals surface area contributed by atoms with Crippen LogP contribution in [0.3, 0.4) is 0 Å². The first-order valence-electron chi connectivity index (χ1n) is 7.43. The summed E-state index contributed by atoms with van der Waals surface area (Å²) in [5.74, 6) is 0.766. The molecule has 2 N–H and O–H groups in total. The van der Waals surface area contributed by atoms with Crippen molar-refractivity contribution in [1.29, 1.82) is 0 Å². The average Bonchev–Trinajstić information content (AvgIpc) is 2.36. The summed E-state index contributed by atoms with van der Waals surface area (Å²) in [4.78, 5) is 14.4. The first kappa shape index (κ1) is 16.0. The first-order chi connectivity index (χ1) is 9.92. The number of carbonyl (C=O) groups is 1. The highest BCUT2D eigenvalue weighted by Crippen LogP contribution is 2.36. The van der Waals surface area contributed by atoms with Crippen LogP contribution < -0.4 is 10.6 Å². The number of ether oxygens (including phenoxy) is 1. The Morgan fingerprint density at radius 3 is 2.57 bits per heavy atom. The lowest BCUT2D eigenvalue weighted by Gasteiger charge is -2.37. The molecule has 0 amide bonds. The highest BCUT2D eigenvalue weighted by molar-refractivity contribution is 6.34. The van der Waals surface area contributed by atoms with Gasteiger partial charge in [0.1, 0.15) is 0 Å². The van der Waals surface area contributed by atoms with Crippen molar-refractivity contribution in [3.63, 3.8) is 0 Å². The normalized spacial score (nSPS) is 22.2. The number of nitrogens with two attached hydrogens (primary N) is 1. The maximum absolute atomic E-state index is 12.2. The maximum Gasteiger partial charge on any atom is 0.340 e. The van der Waals surface area contributed by atoms with Crippen LogP contribution >= 0.6 is 11.6 Å². The number of esters is 1. The largest absolute Gasteiger partial charge is 0.462 e. The molecule has 0 saturated carbocycles. The van der Waals surface area contributed by atoms with E-state index >= 15 is 0 Å². The predicted molar refractivity (Wildman–Crippen MR) is 87.0 cm³/mol. The van der Waals surface area contributed by atoms with Crippen LogP contribution in [-0.4, -0.2) is 25.7 Å². The van der Waals surface area contributed by atoms with E-state index in [2.05, 4.69) is 18.7 Å². The van der Waals surface area contributed by atoms with Crippen molar-refractivity contribution in [2.24, 2.45) is 11.8 Å². The molecule has 0 radical (unpaired) electrons. The quantitative estimate of drug-likeness (QED) is 0.685. The van der Waals surface area contributed by atoms with Gasteiger partial charge in [0.05, 0.1) is 22.9 Å². The Morgan fingerprint density at radius 1 is 1.38 bits per heavy atom. The Morgan fingerprint density at radius 2 is 2.00 bits per heavy atom. The van der Waals surface area contributed by atoms with Gasteiger partial charge in [-0.2, -0.15) is 0 Å². The topological polar surface area (TPSA) is 55.6 Å². The van der Waals surface area contributed by atoms with Crippen LogP contribution in [0.1, 0.15) is 37.6 Å². The number of rotatable bonds is 3. The summed E-state index contributed by atoms with van der Waals surface area (Å²) in [6.45, 7) is 8.34. The van der Waals surface area contributed by atoms with Crippen molar-refractivity contribution >= 4 is 28.9 Å². The molecule has 5 heteroatoms. The van der Waals surface area contributed by atoms with Crippen molar-refractivity contribution in [2.45, 2.75) is 27.2 Å². The van der Waals surface area contributed by atoms with E-state index in [1.54, 1.807) is 19.1 Å². The zero-order valence-electron chi connectivity index (χ0n) is 12.9. The van der Waals surface area contributed by atoms with Crippen LogP contribution in [0.15, 0.2) is 12.1 Å². The molecule has 0 bridgehead atoms. The van der Waals surface area contributed by atoms with E-state index < -0.39 is 0 Å². The number of halogens is 1. The van der Waals surface area contributed by atoms with Gasteiger partial charge in [-0.25, -0.2) is 4.79 Å². The summed E-state index contributed by atoms with van der Waals surface area (Å²) in [7, 11) is 0. The van der Waals surface area contributed by atoms with Gasteiger partial charge in [0, 0.05) is 18.8 Å². The monoisotopic (exact) mass is 310 g/mol. The Hall–Kier alpha value is -1.42. The fourth-order valence-corrected chi connectivity index (χ4v) is 3.50. The zero-order chi connectivity index (χ0) is 15.6. The Balaban J connectivity index is 2.43. The van der Waals surface area contributed by atoms with Gasteiger partial charge in [-0.15, -0.1) is 0 Å². The van der Waals surface area contributed by atoms with Gasteiger partial charge < -0.3 is 15.4 Å². The third-order valence-electron chi connectivity index (χ3n) is 3.77. The molecule has 2 unspecified atom stereocenters. The van der Waals surface area contributed by atoms with E-state index in [1.807, 2.05) is 0 Å². The van der Waals surface area contributed by atoms with Crippen LogP contribution in [0.4, 0.5) is 11.4 Å². The average molecular weight is 311 g/mol. The van der Waals surface area contributed by atoms with E-state index in [0.717, 1.165) is 18.8 Å². The zero-order valence-corrected chi connectivity index (χ0v) is 13.6. The lowest BCUT2D eigenvalue weighted by Crippen LogP contribution is -2.39. The number of hydrogen-bond acceptors (Lipinski definition) is 4. The summed E-state index contributed by atoms with van der Waals surface area (Å²) in [5.41, 5.74) is 7.53. The Kier molecular flexibility index (Phi) is 4.99. The smallest absolute Gasteiger partial charge is 0.340 e. The number of nitrogens with zero attached hydrogens (tertiary/aromatic N) is 1.